The number of ether oxygens (including phenoxy) is 2. The molecule has 176 valence electrons. The number of fused-ring (bicyclic) bond motifs is 3. The van der Waals surface area contributed by atoms with Gasteiger partial charge in [-0.05, 0) is 24.5 Å². The first-order valence-electron chi connectivity index (χ1n) is 10.5. The van der Waals surface area contributed by atoms with Gasteiger partial charge in [-0.3, -0.25) is 4.90 Å². The largest absolute Gasteiger partial charge is 0.465 e. The Kier molecular flexibility index (Phi) is 6.13. The Labute approximate surface area is 191 Å². The van der Waals surface area contributed by atoms with Gasteiger partial charge in [-0.1, -0.05) is 6.07 Å². The summed E-state index contributed by atoms with van der Waals surface area (Å²) in [7, 11) is 0. The molecule has 4 heterocycles. The quantitative estimate of drug-likeness (QED) is 0.482. The van der Waals surface area contributed by atoms with Crippen LogP contribution in [0.5, 0.6) is 0 Å². The molecule has 9 nitrogen and oxygen atoms in total. The van der Waals surface area contributed by atoms with Crippen LogP contribution in [0.3, 0.4) is 0 Å². The summed E-state index contributed by atoms with van der Waals surface area (Å²) in [6.07, 6.45) is 1.36. The Morgan fingerprint density at radius 3 is 2.58 bits per heavy atom. The van der Waals surface area contributed by atoms with Crippen molar-refractivity contribution in [3.05, 3.63) is 29.3 Å². The number of benzene rings is 1. The minimum absolute atomic E-state index is 0.0759. The van der Waals surface area contributed by atoms with Crippen LogP contribution in [-0.4, -0.2) is 71.3 Å². The minimum Gasteiger partial charge on any atom is -0.465 e. The molecule has 1 N–H and O–H groups in total. The molecule has 0 radical (unpaired) electrons. The molecule has 2 aliphatic rings. The monoisotopic (exact) mass is 480 g/mol. The van der Waals surface area contributed by atoms with Gasteiger partial charge in [0, 0.05) is 31.1 Å². The fourth-order valence-electron chi connectivity index (χ4n) is 4.73. The average Bonchev–Trinajstić information content (AvgIpc) is 3.53. The van der Waals surface area contributed by atoms with Gasteiger partial charge < -0.3 is 23.9 Å². The fourth-order valence-corrected chi connectivity index (χ4v) is 5.39. The van der Waals surface area contributed by atoms with E-state index in [4.69, 9.17) is 18.9 Å². The van der Waals surface area contributed by atoms with E-state index in [-0.39, 0.29) is 18.5 Å². The van der Waals surface area contributed by atoms with Gasteiger partial charge >= 0.3 is 6.09 Å². The van der Waals surface area contributed by atoms with Gasteiger partial charge in [0.05, 0.1) is 17.6 Å². The highest BCUT2D eigenvalue weighted by molar-refractivity contribution is 7.13. The van der Waals surface area contributed by atoms with Crippen molar-refractivity contribution in [2.45, 2.75) is 37.6 Å². The summed E-state index contributed by atoms with van der Waals surface area (Å²) in [4.78, 5) is 24.2. The molecule has 0 aliphatic carbocycles. The molecule has 5 rings (SSSR count). The third kappa shape index (κ3) is 4.13. The van der Waals surface area contributed by atoms with Crippen molar-refractivity contribution in [3.63, 3.8) is 0 Å². The molecule has 0 saturated carbocycles. The van der Waals surface area contributed by atoms with Gasteiger partial charge in [-0.2, -0.15) is 4.98 Å². The predicted molar refractivity (Wildman–Crippen MR) is 116 cm³/mol. The van der Waals surface area contributed by atoms with Crippen LogP contribution in [0.25, 0.3) is 21.7 Å². The number of piperazine rings is 1. The number of oxazole rings is 1. The van der Waals surface area contributed by atoms with E-state index in [1.165, 1.54) is 16.2 Å². The molecule has 0 spiro atoms. The molecule has 2 unspecified atom stereocenters. The molecule has 33 heavy (non-hydrogen) atoms. The number of anilines is 1. The molecule has 1 amide bonds. The van der Waals surface area contributed by atoms with Crippen molar-refractivity contribution in [1.29, 1.82) is 0 Å². The van der Waals surface area contributed by atoms with Crippen LogP contribution in [0.2, 0.25) is 0 Å². The van der Waals surface area contributed by atoms with Crippen molar-refractivity contribution in [2.24, 2.45) is 0 Å². The summed E-state index contributed by atoms with van der Waals surface area (Å²) >= 11 is 1.45. The second-order valence-electron chi connectivity index (χ2n) is 7.95. The van der Waals surface area contributed by atoms with E-state index in [0.717, 1.165) is 23.4 Å². The number of rotatable bonds is 8. The Hall–Kier alpha value is -2.83. The summed E-state index contributed by atoms with van der Waals surface area (Å²) in [6, 6.07) is 3.78. The van der Waals surface area contributed by atoms with Crippen LogP contribution in [0.15, 0.2) is 28.1 Å². The molecule has 2 fully saturated rings. The topological polar surface area (TPSA) is 101 Å². The van der Waals surface area contributed by atoms with Gasteiger partial charge in [0.25, 0.3) is 6.01 Å². The summed E-state index contributed by atoms with van der Waals surface area (Å²) in [6.45, 7) is -1.25. The SMILES string of the molecule is O=C(O)N1C2CCC1CN(c1nc3c(CC(OCF)OCF)ccc(-c4nccs4)c3o1)C2. The van der Waals surface area contributed by atoms with Crippen molar-refractivity contribution in [1.82, 2.24) is 14.9 Å². The standard InChI is InChI=1S/C21H22F2N4O5S/c22-10-30-16(31-11-23)7-12-1-4-15(19-24-5-6-33-19)18-17(12)25-20(32-18)26-8-13-2-3-14(9-26)27(13)21(28)29/h1,4-6,13-14,16H,2-3,7-11H2,(H,28,29). The van der Waals surface area contributed by atoms with Crippen molar-refractivity contribution >= 4 is 34.5 Å². The van der Waals surface area contributed by atoms with Crippen LogP contribution < -0.4 is 4.90 Å². The Balaban J connectivity index is 1.52. The number of halogens is 2. The number of thiazole rings is 1. The highest BCUT2D eigenvalue weighted by Gasteiger charge is 2.44. The first-order valence-corrected chi connectivity index (χ1v) is 11.4. The van der Waals surface area contributed by atoms with Crippen LogP contribution in [0, 0.1) is 0 Å². The molecule has 2 atom stereocenters. The number of nitrogens with zero attached hydrogens (tertiary/aromatic N) is 4. The number of alkyl halides is 2. The lowest BCUT2D eigenvalue weighted by atomic mass is 10.1. The van der Waals surface area contributed by atoms with Gasteiger partial charge in [-0.15, -0.1) is 11.3 Å². The maximum Gasteiger partial charge on any atom is 0.407 e. The van der Waals surface area contributed by atoms with E-state index in [9.17, 15) is 18.7 Å². The van der Waals surface area contributed by atoms with E-state index in [1.54, 1.807) is 12.3 Å². The molecular weight excluding hydrogens is 458 g/mol. The van der Waals surface area contributed by atoms with Crippen LogP contribution in [-0.2, 0) is 15.9 Å². The minimum atomic E-state index is -1.11. The summed E-state index contributed by atoms with van der Waals surface area (Å²) in [5, 5.41) is 12.1. The second-order valence-corrected chi connectivity index (χ2v) is 8.84. The lowest BCUT2D eigenvalue weighted by Gasteiger charge is -2.38. The molecular formula is C21H22F2N4O5S. The number of carboxylic acid groups (broad SMARTS) is 1. The number of amides is 1. The molecule has 12 heteroatoms. The predicted octanol–water partition coefficient (Wildman–Crippen LogP) is 4.04. The Bertz CT molecular complexity index is 1110. The number of aromatic nitrogens is 2. The number of hydrogen-bond acceptors (Lipinski definition) is 8. The number of carbonyl (C=O) groups is 1. The van der Waals surface area contributed by atoms with E-state index in [1.807, 2.05) is 16.3 Å². The molecule has 2 bridgehead atoms. The molecule has 2 aliphatic heterocycles. The third-order valence-electron chi connectivity index (χ3n) is 6.14. The first-order chi connectivity index (χ1) is 16.1. The molecule has 2 aromatic heterocycles. The lowest BCUT2D eigenvalue weighted by molar-refractivity contribution is -0.180. The number of hydrogen-bond donors (Lipinski definition) is 1. The highest BCUT2D eigenvalue weighted by atomic mass is 32.1. The van der Waals surface area contributed by atoms with Crippen LogP contribution in [0.4, 0.5) is 19.6 Å². The third-order valence-corrected chi connectivity index (χ3v) is 6.94. The highest BCUT2D eigenvalue weighted by Crippen LogP contribution is 2.38. The first kappa shape index (κ1) is 22.0. The van der Waals surface area contributed by atoms with Crippen molar-refractivity contribution < 1.29 is 32.6 Å². The zero-order valence-electron chi connectivity index (χ0n) is 17.5. The fraction of sp³-hybridized carbons (Fsp3) is 0.476. The van der Waals surface area contributed by atoms with E-state index in [0.29, 0.717) is 35.8 Å². The lowest BCUT2D eigenvalue weighted by Crippen LogP contribution is -2.55. The summed E-state index contributed by atoms with van der Waals surface area (Å²) in [5.74, 6) is 0. The molecule has 1 aromatic carbocycles. The zero-order chi connectivity index (χ0) is 22.9. The zero-order valence-corrected chi connectivity index (χ0v) is 18.3. The van der Waals surface area contributed by atoms with Gasteiger partial charge in [0.2, 0.25) is 0 Å². The van der Waals surface area contributed by atoms with Crippen molar-refractivity contribution in [3.8, 4) is 10.6 Å². The Morgan fingerprint density at radius 1 is 1.24 bits per heavy atom. The van der Waals surface area contributed by atoms with Crippen LogP contribution in [0.1, 0.15) is 18.4 Å². The van der Waals surface area contributed by atoms with E-state index < -0.39 is 26.1 Å². The van der Waals surface area contributed by atoms with Gasteiger partial charge in [0.1, 0.15) is 10.5 Å². The van der Waals surface area contributed by atoms with Crippen molar-refractivity contribution in [2.75, 3.05) is 31.7 Å². The van der Waals surface area contributed by atoms with E-state index >= 15 is 0 Å². The summed E-state index contributed by atoms with van der Waals surface area (Å²) < 4.78 is 41.4. The maximum atomic E-state index is 12.7. The summed E-state index contributed by atoms with van der Waals surface area (Å²) in [5.41, 5.74) is 2.44. The normalized spacial score (nSPS) is 20.3. The average molecular weight is 480 g/mol. The van der Waals surface area contributed by atoms with Crippen LogP contribution >= 0.6 is 11.3 Å². The Morgan fingerprint density at radius 2 is 1.97 bits per heavy atom. The molecule has 3 aromatic rings. The van der Waals surface area contributed by atoms with E-state index in [2.05, 4.69) is 4.98 Å². The maximum absolute atomic E-state index is 12.7. The smallest absolute Gasteiger partial charge is 0.407 e. The van der Waals surface area contributed by atoms with Gasteiger partial charge in [-0.25, -0.2) is 18.6 Å². The molecule has 2 saturated heterocycles. The van der Waals surface area contributed by atoms with Gasteiger partial charge in [0.15, 0.2) is 25.6 Å². The second kappa shape index (κ2) is 9.20.